The van der Waals surface area contributed by atoms with Crippen LogP contribution in [0.3, 0.4) is 0 Å². The van der Waals surface area contributed by atoms with Crippen molar-refractivity contribution in [2.45, 2.75) is 38.2 Å². The number of alkyl carbamates (subject to hydrolysis) is 1. The van der Waals surface area contributed by atoms with Gasteiger partial charge in [0.05, 0.1) is 0 Å². The van der Waals surface area contributed by atoms with Crippen LogP contribution >= 0.6 is 0 Å². The summed E-state index contributed by atoms with van der Waals surface area (Å²) < 4.78 is 5.20. The minimum atomic E-state index is -0.493. The zero-order chi connectivity index (χ0) is 13.9. The third-order valence-electron chi connectivity index (χ3n) is 2.66. The summed E-state index contributed by atoms with van der Waals surface area (Å²) >= 11 is 0. The van der Waals surface area contributed by atoms with Gasteiger partial charge in [0.2, 0.25) is 5.91 Å². The van der Waals surface area contributed by atoms with E-state index >= 15 is 0 Å². The van der Waals surface area contributed by atoms with Crippen molar-refractivity contribution in [3.8, 4) is 11.8 Å². The number of carbonyl (C=O) groups excluding carboxylic acids is 2. The quantitative estimate of drug-likeness (QED) is 0.447. The molecule has 1 aliphatic rings. The maximum absolute atomic E-state index is 11.5. The Morgan fingerprint density at radius 3 is 2.84 bits per heavy atom. The Kier molecular flexibility index (Phi) is 7.18. The highest BCUT2D eigenvalue weighted by Crippen LogP contribution is 2.10. The molecule has 0 bridgehead atoms. The lowest BCUT2D eigenvalue weighted by Gasteiger charge is -2.14. The van der Waals surface area contributed by atoms with Gasteiger partial charge in [0, 0.05) is 19.5 Å². The predicted octanol–water partition coefficient (Wildman–Crippen LogP) is 1.35. The van der Waals surface area contributed by atoms with Gasteiger partial charge in [0.15, 0.2) is 6.10 Å². The number of hydrogen-bond donors (Lipinski definition) is 2. The summed E-state index contributed by atoms with van der Waals surface area (Å²) in [6.45, 7) is 3.99. The largest absolute Gasteiger partial charge is 0.433 e. The van der Waals surface area contributed by atoms with E-state index in [0.717, 1.165) is 32.1 Å². The Morgan fingerprint density at radius 2 is 2.05 bits per heavy atom. The Morgan fingerprint density at radius 1 is 1.26 bits per heavy atom. The van der Waals surface area contributed by atoms with Crippen LogP contribution in [0, 0.1) is 11.8 Å². The average molecular weight is 264 g/mol. The molecule has 0 radical (unpaired) electrons. The molecule has 19 heavy (non-hydrogen) atoms. The summed E-state index contributed by atoms with van der Waals surface area (Å²) in [5.41, 5.74) is 0. The van der Waals surface area contributed by atoms with E-state index in [4.69, 9.17) is 4.74 Å². The second-order valence-electron chi connectivity index (χ2n) is 4.24. The Bertz CT molecular complexity index is 382. The number of ether oxygens (including phenoxy) is 1. The molecule has 2 N–H and O–H groups in total. The van der Waals surface area contributed by atoms with Crippen LogP contribution in [0.25, 0.3) is 0 Å². The van der Waals surface area contributed by atoms with Gasteiger partial charge in [-0.15, -0.1) is 0 Å². The minimum Gasteiger partial charge on any atom is -0.433 e. The van der Waals surface area contributed by atoms with Crippen molar-refractivity contribution in [3.05, 3.63) is 12.7 Å². The molecule has 0 saturated carbocycles. The number of rotatable bonds is 5. The fourth-order valence-corrected chi connectivity index (χ4v) is 1.66. The van der Waals surface area contributed by atoms with Gasteiger partial charge in [-0.05, 0) is 25.3 Å². The fourth-order valence-electron chi connectivity index (χ4n) is 1.66. The molecule has 1 rings (SSSR count). The summed E-state index contributed by atoms with van der Waals surface area (Å²) in [5.74, 6) is 5.70. The molecule has 5 nitrogen and oxygen atoms in total. The van der Waals surface area contributed by atoms with Crippen LogP contribution in [0.5, 0.6) is 0 Å². The van der Waals surface area contributed by atoms with Crippen molar-refractivity contribution in [3.63, 3.8) is 0 Å². The molecule has 0 fully saturated rings. The van der Waals surface area contributed by atoms with Crippen LogP contribution in [-0.4, -0.2) is 31.2 Å². The first kappa shape index (κ1) is 15.1. The smallest absolute Gasteiger partial charge is 0.408 e. The molecule has 0 aromatic heterocycles. The van der Waals surface area contributed by atoms with E-state index < -0.39 is 6.09 Å². The van der Waals surface area contributed by atoms with Crippen LogP contribution < -0.4 is 10.6 Å². The summed E-state index contributed by atoms with van der Waals surface area (Å²) in [6.07, 6.45) is 5.31. The molecule has 2 amide bonds. The Balaban J connectivity index is 2.18. The molecule has 0 heterocycles. The normalized spacial score (nSPS) is 18.0. The van der Waals surface area contributed by atoms with Gasteiger partial charge in [-0.1, -0.05) is 24.8 Å². The highest BCUT2D eigenvalue weighted by atomic mass is 16.6. The van der Waals surface area contributed by atoms with Gasteiger partial charge in [0.25, 0.3) is 0 Å². The lowest BCUT2D eigenvalue weighted by Crippen LogP contribution is -2.35. The first-order valence-electron chi connectivity index (χ1n) is 6.55. The zero-order valence-electron chi connectivity index (χ0n) is 11.0. The van der Waals surface area contributed by atoms with Crippen molar-refractivity contribution in [1.29, 1.82) is 0 Å². The van der Waals surface area contributed by atoms with E-state index in [1.807, 2.05) is 0 Å². The Labute approximate surface area is 113 Å². The molecule has 1 unspecified atom stereocenters. The van der Waals surface area contributed by atoms with Gasteiger partial charge < -0.3 is 15.4 Å². The fraction of sp³-hybridized carbons (Fsp3) is 0.571. The van der Waals surface area contributed by atoms with E-state index in [1.165, 1.54) is 6.08 Å². The summed E-state index contributed by atoms with van der Waals surface area (Å²) in [4.78, 5) is 22.3. The van der Waals surface area contributed by atoms with Gasteiger partial charge in [0.1, 0.15) is 0 Å². The zero-order valence-corrected chi connectivity index (χ0v) is 11.0. The van der Waals surface area contributed by atoms with E-state index in [1.54, 1.807) is 0 Å². The van der Waals surface area contributed by atoms with Crippen molar-refractivity contribution < 1.29 is 14.3 Å². The summed E-state index contributed by atoms with van der Waals surface area (Å²) in [7, 11) is 0. The predicted molar refractivity (Wildman–Crippen MR) is 72.3 cm³/mol. The molecular formula is C14H20N2O3. The highest BCUT2D eigenvalue weighted by molar-refractivity contribution is 5.86. The Hall–Kier alpha value is -1.96. The second-order valence-corrected chi connectivity index (χ2v) is 4.24. The number of carbonyl (C=O) groups is 2. The van der Waals surface area contributed by atoms with Gasteiger partial charge in [-0.25, -0.2) is 4.79 Å². The average Bonchev–Trinajstić information content (AvgIpc) is 2.37. The molecule has 1 atom stereocenters. The molecule has 104 valence electrons. The van der Waals surface area contributed by atoms with E-state index in [-0.39, 0.29) is 12.0 Å². The molecule has 0 aliphatic heterocycles. The lowest BCUT2D eigenvalue weighted by atomic mass is 10.1. The topological polar surface area (TPSA) is 67.4 Å². The van der Waals surface area contributed by atoms with Crippen LogP contribution in [0.15, 0.2) is 12.7 Å². The SMILES string of the molecule is C=CC(=O)NCCNC(=O)OC1C#CCCCCC1. The van der Waals surface area contributed by atoms with Crippen molar-refractivity contribution in [2.24, 2.45) is 0 Å². The molecular weight excluding hydrogens is 244 g/mol. The van der Waals surface area contributed by atoms with Crippen molar-refractivity contribution in [2.75, 3.05) is 13.1 Å². The van der Waals surface area contributed by atoms with Crippen LogP contribution in [0.2, 0.25) is 0 Å². The molecule has 0 saturated heterocycles. The van der Waals surface area contributed by atoms with E-state index in [2.05, 4.69) is 29.1 Å². The molecule has 0 aromatic carbocycles. The van der Waals surface area contributed by atoms with Gasteiger partial charge in [-0.2, -0.15) is 0 Å². The van der Waals surface area contributed by atoms with Crippen molar-refractivity contribution >= 4 is 12.0 Å². The molecule has 5 heteroatoms. The van der Waals surface area contributed by atoms with Gasteiger partial charge in [-0.3, -0.25) is 4.79 Å². The van der Waals surface area contributed by atoms with Crippen molar-refractivity contribution in [1.82, 2.24) is 10.6 Å². The minimum absolute atomic E-state index is 0.263. The lowest BCUT2D eigenvalue weighted by molar-refractivity contribution is -0.116. The second kappa shape index (κ2) is 9.03. The number of hydrogen-bond acceptors (Lipinski definition) is 3. The summed E-state index contributed by atoms with van der Waals surface area (Å²) in [5, 5.41) is 5.12. The molecule has 0 aromatic rings. The summed E-state index contributed by atoms with van der Waals surface area (Å²) in [6, 6.07) is 0. The van der Waals surface area contributed by atoms with E-state index in [9.17, 15) is 9.59 Å². The molecule has 1 aliphatic carbocycles. The standard InChI is InChI=1S/C14H20N2O3/c1-2-13(17)15-10-11-16-14(18)19-12-8-6-4-3-5-7-9-12/h2,12H,1,3-6,8,10-11H2,(H,15,17)(H,16,18). The van der Waals surface area contributed by atoms with Crippen LogP contribution in [-0.2, 0) is 9.53 Å². The monoisotopic (exact) mass is 264 g/mol. The first-order valence-corrected chi connectivity index (χ1v) is 6.55. The third kappa shape index (κ3) is 7.14. The van der Waals surface area contributed by atoms with Crippen LogP contribution in [0.1, 0.15) is 32.1 Å². The van der Waals surface area contributed by atoms with Crippen LogP contribution in [0.4, 0.5) is 4.79 Å². The third-order valence-corrected chi connectivity index (χ3v) is 2.66. The van der Waals surface area contributed by atoms with Gasteiger partial charge >= 0.3 is 6.09 Å². The highest BCUT2D eigenvalue weighted by Gasteiger charge is 2.12. The van der Waals surface area contributed by atoms with E-state index in [0.29, 0.717) is 13.1 Å². The first-order chi connectivity index (χ1) is 9.22. The number of nitrogens with one attached hydrogen (secondary N) is 2. The maximum atomic E-state index is 11.5. The molecule has 0 spiro atoms. The number of amides is 2. The maximum Gasteiger partial charge on any atom is 0.408 e.